The molecule has 218 valence electrons. The van der Waals surface area contributed by atoms with Gasteiger partial charge in [-0.3, -0.25) is 14.5 Å². The molecule has 0 unspecified atom stereocenters. The molecule has 1 aromatic heterocycles. The van der Waals surface area contributed by atoms with Crippen molar-refractivity contribution in [2.75, 3.05) is 31.3 Å². The maximum Gasteiger partial charge on any atom is 0.350 e. The van der Waals surface area contributed by atoms with Crippen molar-refractivity contribution >= 4 is 39.9 Å². The number of benzene rings is 2. The Bertz CT molecular complexity index is 1580. The lowest BCUT2D eigenvalue weighted by atomic mass is 9.95. The van der Waals surface area contributed by atoms with Crippen molar-refractivity contribution < 1.29 is 38.4 Å². The molecule has 1 amide bonds. The van der Waals surface area contributed by atoms with Crippen molar-refractivity contribution in [3.8, 4) is 17.2 Å². The van der Waals surface area contributed by atoms with Crippen LogP contribution in [0.5, 0.6) is 17.2 Å². The molecule has 10 nitrogen and oxygen atoms in total. The Morgan fingerprint density at radius 3 is 2.74 bits per heavy atom. The van der Waals surface area contributed by atoms with E-state index in [9.17, 15) is 19.5 Å². The minimum absolute atomic E-state index is 0.0103. The lowest BCUT2D eigenvalue weighted by Crippen LogP contribution is -2.29. The average Bonchev–Trinajstić information content (AvgIpc) is 3.51. The van der Waals surface area contributed by atoms with Gasteiger partial charge in [-0.25, -0.2) is 9.78 Å². The Morgan fingerprint density at radius 2 is 1.98 bits per heavy atom. The molecule has 2 aliphatic rings. The summed E-state index contributed by atoms with van der Waals surface area (Å²) in [5, 5.41) is 11.7. The SMILES string of the molecule is C=CCOC(=O)c1sc(N2C(=O)C(=O)/C(=C(/O)c3ccc4c(c3)OCCO4)[C@H]2c2cccc(OCCCC)c2)nc1C. The number of hydrogen-bond donors (Lipinski definition) is 1. The number of aliphatic hydroxyl groups excluding tert-OH is 1. The van der Waals surface area contributed by atoms with Crippen molar-refractivity contribution in [1.82, 2.24) is 4.98 Å². The number of unbranched alkanes of at least 4 members (excludes halogenated alkanes) is 1. The Hall–Kier alpha value is -4.64. The molecule has 1 fully saturated rings. The van der Waals surface area contributed by atoms with Gasteiger partial charge in [-0.05, 0) is 49.2 Å². The number of nitrogens with zero attached hydrogens (tertiary/aromatic N) is 2. The van der Waals surface area contributed by atoms with Crippen LogP contribution in [0.1, 0.15) is 52.3 Å². The van der Waals surface area contributed by atoms with E-state index in [-0.39, 0.29) is 33.5 Å². The van der Waals surface area contributed by atoms with E-state index in [4.69, 9.17) is 18.9 Å². The molecule has 0 saturated carbocycles. The van der Waals surface area contributed by atoms with E-state index in [0.717, 1.165) is 24.2 Å². The van der Waals surface area contributed by atoms with E-state index in [1.165, 1.54) is 11.0 Å². The standard InChI is InChI=1S/C31H30N2O8S/c1-4-6-13-38-21-9-7-8-19(16-21)25-24(26(34)20-10-11-22-23(17-20)40-15-14-39-22)27(35)29(36)33(25)31-32-18(3)28(42-31)30(37)41-12-5-2/h5,7-11,16-17,25,34H,2,4,6,12-15H2,1,3H3/b26-24+/t25-/m1/s1. The molecular weight excluding hydrogens is 560 g/mol. The predicted molar refractivity (Wildman–Crippen MR) is 156 cm³/mol. The number of thiazole rings is 1. The Kier molecular flexibility index (Phi) is 8.58. The largest absolute Gasteiger partial charge is 0.507 e. The van der Waals surface area contributed by atoms with Crippen LogP contribution in [0.15, 0.2) is 60.7 Å². The lowest BCUT2D eigenvalue weighted by molar-refractivity contribution is -0.132. The first-order chi connectivity index (χ1) is 20.3. The molecule has 2 aromatic carbocycles. The zero-order valence-electron chi connectivity index (χ0n) is 23.3. The average molecular weight is 591 g/mol. The third kappa shape index (κ3) is 5.60. The number of hydrogen-bond acceptors (Lipinski definition) is 10. The summed E-state index contributed by atoms with van der Waals surface area (Å²) >= 11 is 0.930. The fourth-order valence-electron chi connectivity index (χ4n) is 4.67. The monoisotopic (exact) mass is 590 g/mol. The van der Waals surface area contributed by atoms with Crippen molar-refractivity contribution in [2.45, 2.75) is 32.7 Å². The molecule has 2 aliphatic heterocycles. The third-order valence-corrected chi connectivity index (χ3v) is 7.85. The van der Waals surface area contributed by atoms with E-state index in [2.05, 4.69) is 18.5 Å². The van der Waals surface area contributed by atoms with Crippen molar-refractivity contribution in [1.29, 1.82) is 0 Å². The van der Waals surface area contributed by atoms with Gasteiger partial charge in [0, 0.05) is 5.56 Å². The van der Waals surface area contributed by atoms with Crippen LogP contribution in [-0.2, 0) is 14.3 Å². The lowest BCUT2D eigenvalue weighted by Gasteiger charge is -2.24. The van der Waals surface area contributed by atoms with E-state index < -0.39 is 23.7 Å². The van der Waals surface area contributed by atoms with E-state index in [1.54, 1.807) is 49.4 Å². The summed E-state index contributed by atoms with van der Waals surface area (Å²) in [6.07, 6.45) is 3.26. The molecule has 5 rings (SSSR count). The van der Waals surface area contributed by atoms with Crippen LogP contribution < -0.4 is 19.1 Å². The molecule has 3 heterocycles. The highest BCUT2D eigenvalue weighted by molar-refractivity contribution is 7.17. The number of aryl methyl sites for hydroxylation is 1. The summed E-state index contributed by atoms with van der Waals surface area (Å²) in [6, 6.07) is 10.8. The molecule has 0 spiro atoms. The Morgan fingerprint density at radius 1 is 1.19 bits per heavy atom. The first-order valence-electron chi connectivity index (χ1n) is 13.5. The minimum Gasteiger partial charge on any atom is -0.507 e. The maximum atomic E-state index is 13.6. The summed E-state index contributed by atoms with van der Waals surface area (Å²) in [5.74, 6) is -1.30. The van der Waals surface area contributed by atoms with Crippen LogP contribution >= 0.6 is 11.3 Å². The van der Waals surface area contributed by atoms with Gasteiger partial charge in [0.05, 0.1) is 23.9 Å². The number of aromatic nitrogens is 1. The second-order valence-electron chi connectivity index (χ2n) is 9.60. The highest BCUT2D eigenvalue weighted by atomic mass is 32.1. The number of anilines is 1. The highest BCUT2D eigenvalue weighted by Crippen LogP contribution is 2.45. The number of fused-ring (bicyclic) bond motifs is 1. The maximum absolute atomic E-state index is 13.6. The molecule has 1 saturated heterocycles. The molecule has 0 aliphatic carbocycles. The molecule has 0 radical (unpaired) electrons. The summed E-state index contributed by atoms with van der Waals surface area (Å²) in [4.78, 5) is 45.7. The van der Waals surface area contributed by atoms with Crippen LogP contribution in [0.25, 0.3) is 5.76 Å². The van der Waals surface area contributed by atoms with Gasteiger partial charge in [0.2, 0.25) is 0 Å². The topological polar surface area (TPSA) is 124 Å². The van der Waals surface area contributed by atoms with Gasteiger partial charge in [-0.15, -0.1) is 0 Å². The number of carbonyl (C=O) groups is 3. The molecule has 11 heteroatoms. The van der Waals surface area contributed by atoms with Crippen molar-refractivity contribution in [3.05, 3.63) is 82.4 Å². The van der Waals surface area contributed by atoms with Crippen LogP contribution in [0, 0.1) is 6.92 Å². The molecule has 42 heavy (non-hydrogen) atoms. The Balaban J connectivity index is 1.63. The molecule has 1 N–H and O–H groups in total. The van der Waals surface area contributed by atoms with Crippen molar-refractivity contribution in [3.63, 3.8) is 0 Å². The van der Waals surface area contributed by atoms with Crippen LogP contribution in [0.3, 0.4) is 0 Å². The molecule has 3 aromatic rings. The Labute approximate surface area is 246 Å². The van der Waals surface area contributed by atoms with Gasteiger partial charge < -0.3 is 24.1 Å². The van der Waals surface area contributed by atoms with E-state index in [1.807, 2.05) is 0 Å². The molecule has 0 bridgehead atoms. The summed E-state index contributed by atoms with van der Waals surface area (Å²) < 4.78 is 22.3. The second-order valence-corrected chi connectivity index (χ2v) is 10.6. The highest BCUT2D eigenvalue weighted by Gasteiger charge is 2.48. The number of rotatable bonds is 10. The summed E-state index contributed by atoms with van der Waals surface area (Å²) in [7, 11) is 0. The predicted octanol–water partition coefficient (Wildman–Crippen LogP) is 5.37. The van der Waals surface area contributed by atoms with Crippen molar-refractivity contribution in [2.24, 2.45) is 0 Å². The van der Waals surface area contributed by atoms with Gasteiger partial charge in [0.25, 0.3) is 5.78 Å². The summed E-state index contributed by atoms with van der Waals surface area (Å²) in [6.45, 7) is 8.48. The quantitative estimate of drug-likeness (QED) is 0.0829. The number of ketones is 1. The number of aliphatic hydroxyl groups is 1. The van der Waals surface area contributed by atoms with Gasteiger partial charge in [0.15, 0.2) is 16.6 Å². The van der Waals surface area contributed by atoms with Crippen LogP contribution in [0.4, 0.5) is 5.13 Å². The normalized spacial score (nSPS) is 17.3. The second kappa shape index (κ2) is 12.5. The number of amides is 1. The smallest absolute Gasteiger partial charge is 0.350 e. The number of Topliss-reactive ketones (excluding diaryl/α,β-unsaturated/α-hetero) is 1. The molecule has 1 atom stereocenters. The number of ether oxygens (including phenoxy) is 4. The first-order valence-corrected chi connectivity index (χ1v) is 14.3. The zero-order valence-corrected chi connectivity index (χ0v) is 24.1. The first kappa shape index (κ1) is 28.9. The van der Waals surface area contributed by atoms with E-state index >= 15 is 0 Å². The number of carbonyl (C=O) groups excluding carboxylic acids is 3. The van der Waals surface area contributed by atoms with E-state index in [0.29, 0.717) is 48.3 Å². The van der Waals surface area contributed by atoms with Gasteiger partial charge in [0.1, 0.15) is 36.2 Å². The minimum atomic E-state index is -1.06. The molecular formula is C31H30N2O8S. The zero-order chi connectivity index (χ0) is 29.8. The summed E-state index contributed by atoms with van der Waals surface area (Å²) in [5.41, 5.74) is 1.01. The fraction of sp³-hybridized carbons (Fsp3) is 0.290. The number of esters is 1. The fourth-order valence-corrected chi connectivity index (χ4v) is 5.66. The van der Waals surface area contributed by atoms with Crippen LogP contribution in [-0.4, -0.2) is 54.2 Å². The van der Waals surface area contributed by atoms with Gasteiger partial charge in [-0.2, -0.15) is 0 Å². The third-order valence-electron chi connectivity index (χ3n) is 6.71. The van der Waals surface area contributed by atoms with Gasteiger partial charge >= 0.3 is 11.9 Å². The van der Waals surface area contributed by atoms with Crippen LogP contribution in [0.2, 0.25) is 0 Å². The van der Waals surface area contributed by atoms with Gasteiger partial charge in [-0.1, -0.05) is 49.5 Å².